The number of nitrogens with one attached hydrogen (secondary N) is 2. The van der Waals surface area contributed by atoms with E-state index in [1.54, 1.807) is 0 Å². The van der Waals surface area contributed by atoms with Crippen molar-refractivity contribution in [3.8, 4) is 11.3 Å². The standard InChI is InChI=1S/C26H31Cl2N5O2S2.2ClH/c27-22-5-4-17(10-23(22)28)13-33-8-6-20(7-9-33)31-25(35)16-37-26-32-24(15-36-26)18-2-1-3-21(11-18)30-12-19(29)14-34;;/h1-5,10-11,15,19-20,30,34H,6-9,12-14,16,29H2,(H,31,35);2*1H/t19-;;/m0../s1. The van der Waals surface area contributed by atoms with Gasteiger partial charge in [0.2, 0.25) is 5.91 Å². The molecule has 7 nitrogen and oxygen atoms in total. The summed E-state index contributed by atoms with van der Waals surface area (Å²) in [6, 6.07) is 13.6. The summed E-state index contributed by atoms with van der Waals surface area (Å²) in [7, 11) is 0. The smallest absolute Gasteiger partial charge is 0.230 e. The van der Waals surface area contributed by atoms with Gasteiger partial charge >= 0.3 is 0 Å². The normalized spacial score (nSPS) is 14.7. The molecule has 3 aromatic rings. The monoisotopic (exact) mass is 651 g/mol. The molecule has 4 rings (SSSR count). The van der Waals surface area contributed by atoms with E-state index in [0.717, 1.165) is 59.3 Å². The number of nitrogens with two attached hydrogens (primary N) is 1. The van der Waals surface area contributed by atoms with Gasteiger partial charge in [0.15, 0.2) is 4.34 Å². The minimum absolute atomic E-state index is 0. The van der Waals surface area contributed by atoms with E-state index in [9.17, 15) is 4.79 Å². The first-order chi connectivity index (χ1) is 17.9. The van der Waals surface area contributed by atoms with Gasteiger partial charge in [0, 0.05) is 54.9 Å². The van der Waals surface area contributed by atoms with E-state index in [1.807, 2.05) is 47.8 Å². The lowest BCUT2D eigenvalue weighted by Crippen LogP contribution is -2.44. The fraction of sp³-hybridized carbons (Fsp3) is 0.385. The Hall–Kier alpha value is -1.27. The summed E-state index contributed by atoms with van der Waals surface area (Å²) >= 11 is 15.1. The molecule has 214 valence electrons. The van der Waals surface area contributed by atoms with Crippen molar-refractivity contribution < 1.29 is 9.90 Å². The summed E-state index contributed by atoms with van der Waals surface area (Å²) in [4.78, 5) is 19.6. The van der Waals surface area contributed by atoms with Crippen molar-refractivity contribution in [1.82, 2.24) is 15.2 Å². The molecule has 2 heterocycles. The summed E-state index contributed by atoms with van der Waals surface area (Å²) in [6.07, 6.45) is 1.85. The lowest BCUT2D eigenvalue weighted by molar-refractivity contribution is -0.119. The van der Waals surface area contributed by atoms with Crippen molar-refractivity contribution in [3.63, 3.8) is 0 Å². The van der Waals surface area contributed by atoms with Gasteiger partial charge in [-0.15, -0.1) is 36.2 Å². The Morgan fingerprint density at radius 2 is 1.95 bits per heavy atom. The summed E-state index contributed by atoms with van der Waals surface area (Å²) in [5.74, 6) is 0.382. The molecule has 0 saturated carbocycles. The van der Waals surface area contributed by atoms with Crippen LogP contribution in [0.3, 0.4) is 0 Å². The second-order valence-corrected chi connectivity index (χ2v) is 12.0. The van der Waals surface area contributed by atoms with Crippen LogP contribution in [0.2, 0.25) is 10.0 Å². The van der Waals surface area contributed by atoms with E-state index in [1.165, 1.54) is 23.1 Å². The quantitative estimate of drug-likeness (QED) is 0.201. The molecule has 1 aliphatic heterocycles. The van der Waals surface area contributed by atoms with Gasteiger partial charge in [0.25, 0.3) is 0 Å². The largest absolute Gasteiger partial charge is 0.395 e. The lowest BCUT2D eigenvalue weighted by Gasteiger charge is -2.32. The molecular weight excluding hydrogens is 620 g/mol. The number of thioether (sulfide) groups is 1. The molecule has 5 N–H and O–H groups in total. The number of anilines is 1. The van der Waals surface area contributed by atoms with Crippen LogP contribution in [0.1, 0.15) is 18.4 Å². The Bertz CT molecular complexity index is 1190. The number of carbonyl (C=O) groups is 1. The van der Waals surface area contributed by atoms with E-state index >= 15 is 0 Å². The fourth-order valence-electron chi connectivity index (χ4n) is 4.09. The topological polar surface area (TPSA) is 104 Å². The fourth-order valence-corrected chi connectivity index (χ4v) is 6.05. The van der Waals surface area contributed by atoms with Crippen LogP contribution in [0.15, 0.2) is 52.2 Å². The molecule has 1 aromatic heterocycles. The number of rotatable bonds is 11. The van der Waals surface area contributed by atoms with Gasteiger partial charge in [-0.25, -0.2) is 4.98 Å². The van der Waals surface area contributed by atoms with Gasteiger partial charge < -0.3 is 21.5 Å². The van der Waals surface area contributed by atoms with Crippen LogP contribution in [0.4, 0.5) is 5.69 Å². The highest BCUT2D eigenvalue weighted by atomic mass is 35.5. The van der Waals surface area contributed by atoms with Crippen molar-refractivity contribution in [1.29, 1.82) is 0 Å². The predicted octanol–water partition coefficient (Wildman–Crippen LogP) is 5.56. The SMILES string of the molecule is Cl.Cl.N[C@H](CO)CNc1cccc(-c2csc(SCC(=O)NC3CCN(Cc4ccc(Cl)c(Cl)c4)CC3)n2)c1. The summed E-state index contributed by atoms with van der Waals surface area (Å²) in [5, 5.41) is 18.7. The van der Waals surface area contributed by atoms with Crippen LogP contribution in [-0.2, 0) is 11.3 Å². The highest BCUT2D eigenvalue weighted by Crippen LogP contribution is 2.29. The molecule has 0 unspecified atom stereocenters. The van der Waals surface area contributed by atoms with Gasteiger partial charge in [-0.2, -0.15) is 0 Å². The molecule has 39 heavy (non-hydrogen) atoms. The van der Waals surface area contributed by atoms with Gasteiger partial charge in [-0.05, 0) is 42.7 Å². The number of piperidine rings is 1. The molecule has 0 bridgehead atoms. The molecule has 1 saturated heterocycles. The van der Waals surface area contributed by atoms with Crippen molar-refractivity contribution >= 4 is 82.7 Å². The number of hydrogen-bond donors (Lipinski definition) is 4. The van der Waals surface area contributed by atoms with Gasteiger partial charge in [-0.3, -0.25) is 9.69 Å². The number of hydrogen-bond acceptors (Lipinski definition) is 8. The number of amides is 1. The van der Waals surface area contributed by atoms with Crippen molar-refractivity contribution in [2.75, 3.05) is 37.3 Å². The number of halogens is 4. The summed E-state index contributed by atoms with van der Waals surface area (Å²) in [5.41, 5.74) is 9.69. The molecule has 2 aromatic carbocycles. The Morgan fingerprint density at radius 3 is 2.67 bits per heavy atom. The zero-order chi connectivity index (χ0) is 26.2. The number of thiazole rings is 1. The Morgan fingerprint density at radius 1 is 1.18 bits per heavy atom. The first-order valence-electron chi connectivity index (χ1n) is 12.1. The Labute approximate surface area is 260 Å². The van der Waals surface area contributed by atoms with E-state index in [0.29, 0.717) is 22.3 Å². The number of aliphatic hydroxyl groups is 1. The molecule has 1 fully saturated rings. The van der Waals surface area contributed by atoms with E-state index < -0.39 is 0 Å². The van der Waals surface area contributed by atoms with Gasteiger partial charge in [0.05, 0.1) is 28.1 Å². The zero-order valence-electron chi connectivity index (χ0n) is 21.1. The Kier molecular flexibility index (Phi) is 14.7. The van der Waals surface area contributed by atoms with E-state index in [-0.39, 0.29) is 49.4 Å². The predicted molar refractivity (Wildman–Crippen MR) is 169 cm³/mol. The number of aliphatic hydroxyl groups excluding tert-OH is 1. The third-order valence-corrected chi connectivity index (χ3v) is 8.87. The number of likely N-dealkylation sites (tertiary alicyclic amines) is 1. The average Bonchev–Trinajstić information content (AvgIpc) is 3.39. The molecule has 0 radical (unpaired) electrons. The van der Waals surface area contributed by atoms with Crippen molar-refractivity contribution in [2.24, 2.45) is 5.73 Å². The molecule has 1 aliphatic rings. The Balaban J connectivity index is 0.00000267. The molecular formula is C26H33Cl4N5O2S2. The number of carbonyl (C=O) groups excluding carboxylic acids is 1. The maximum Gasteiger partial charge on any atom is 0.230 e. The van der Waals surface area contributed by atoms with E-state index in [4.69, 9.17) is 39.0 Å². The highest BCUT2D eigenvalue weighted by molar-refractivity contribution is 8.01. The van der Waals surface area contributed by atoms with Crippen LogP contribution >= 0.6 is 71.1 Å². The minimum atomic E-state index is -0.307. The van der Waals surface area contributed by atoms with Crippen LogP contribution in [0, 0.1) is 0 Å². The molecule has 0 aliphatic carbocycles. The molecule has 1 amide bonds. The maximum atomic E-state index is 12.6. The summed E-state index contributed by atoms with van der Waals surface area (Å²) < 4.78 is 0.863. The van der Waals surface area contributed by atoms with Crippen LogP contribution in [0.25, 0.3) is 11.3 Å². The first kappa shape index (κ1) is 33.9. The van der Waals surface area contributed by atoms with Crippen LogP contribution < -0.4 is 16.4 Å². The lowest BCUT2D eigenvalue weighted by atomic mass is 10.0. The third-order valence-electron chi connectivity index (χ3n) is 6.11. The molecule has 13 heteroatoms. The van der Waals surface area contributed by atoms with Crippen LogP contribution in [-0.4, -0.2) is 65.0 Å². The summed E-state index contributed by atoms with van der Waals surface area (Å²) in [6.45, 7) is 3.10. The van der Waals surface area contributed by atoms with Crippen molar-refractivity contribution in [2.45, 2.75) is 35.8 Å². The highest BCUT2D eigenvalue weighted by Gasteiger charge is 2.21. The zero-order valence-corrected chi connectivity index (χ0v) is 25.9. The van der Waals surface area contributed by atoms with Gasteiger partial charge in [-0.1, -0.05) is 53.2 Å². The van der Waals surface area contributed by atoms with E-state index in [2.05, 4.69) is 15.5 Å². The second-order valence-electron chi connectivity index (χ2n) is 9.06. The maximum absolute atomic E-state index is 12.6. The number of benzene rings is 2. The first-order valence-corrected chi connectivity index (χ1v) is 14.8. The molecule has 1 atom stereocenters. The number of aromatic nitrogens is 1. The molecule has 0 spiro atoms. The van der Waals surface area contributed by atoms with Crippen LogP contribution in [0.5, 0.6) is 0 Å². The minimum Gasteiger partial charge on any atom is -0.395 e. The third kappa shape index (κ3) is 10.6. The number of nitrogens with zero attached hydrogens (tertiary/aromatic N) is 2. The van der Waals surface area contributed by atoms with Gasteiger partial charge in [0.1, 0.15) is 0 Å². The average molecular weight is 654 g/mol. The van der Waals surface area contributed by atoms with Crippen molar-refractivity contribution in [3.05, 3.63) is 63.5 Å². The second kappa shape index (κ2) is 16.9.